The van der Waals surface area contributed by atoms with Crippen molar-refractivity contribution in [2.45, 2.75) is 38.9 Å². The van der Waals surface area contributed by atoms with E-state index in [0.717, 1.165) is 7.11 Å². The van der Waals surface area contributed by atoms with Gasteiger partial charge in [0.1, 0.15) is 23.4 Å². The highest BCUT2D eigenvalue weighted by Crippen LogP contribution is 2.45. The van der Waals surface area contributed by atoms with Gasteiger partial charge in [-0.25, -0.2) is 8.78 Å². The molecule has 1 aliphatic heterocycles. The predicted octanol–water partition coefficient (Wildman–Crippen LogP) is 4.77. The van der Waals surface area contributed by atoms with Gasteiger partial charge in [0, 0.05) is 17.7 Å². The Bertz CT molecular complexity index is 1340. The first-order valence-electron chi connectivity index (χ1n) is 11.4. The minimum Gasteiger partial charge on any atom is -0.508 e. The number of carbonyl (C=O) groups excluding carboxylic acids is 1. The van der Waals surface area contributed by atoms with Crippen LogP contribution in [0.15, 0.2) is 24.3 Å². The second kappa shape index (κ2) is 13.4. The molecule has 1 heterocycles. The third-order valence-electron chi connectivity index (χ3n) is 5.35. The molecule has 3 aromatic rings. The van der Waals surface area contributed by atoms with E-state index in [1.165, 1.54) is 24.3 Å². The van der Waals surface area contributed by atoms with Gasteiger partial charge in [0.05, 0.1) is 18.8 Å². The van der Waals surface area contributed by atoms with E-state index in [2.05, 4.69) is 4.94 Å². The van der Waals surface area contributed by atoms with Gasteiger partial charge < -0.3 is 45.2 Å². The number of aldehydes is 1. The molecule has 0 aromatic heterocycles. The lowest BCUT2D eigenvalue weighted by Crippen LogP contribution is -2.15. The van der Waals surface area contributed by atoms with Gasteiger partial charge in [0.15, 0.2) is 40.9 Å². The molecule has 1 unspecified atom stereocenters. The van der Waals surface area contributed by atoms with Gasteiger partial charge in [-0.1, -0.05) is 0 Å². The molecule has 0 saturated carbocycles. The van der Waals surface area contributed by atoms with Crippen molar-refractivity contribution in [2.75, 3.05) is 7.11 Å². The molecule has 1 atom stereocenters. The Hall–Kier alpha value is -4.72. The summed E-state index contributed by atoms with van der Waals surface area (Å²) in [5, 5.41) is 66.1. The Balaban J connectivity index is 0.000000264. The Labute approximate surface area is 225 Å². The van der Waals surface area contributed by atoms with Crippen molar-refractivity contribution >= 4 is 6.29 Å². The Morgan fingerprint density at radius 3 is 2.00 bits per heavy atom. The smallest absolute Gasteiger partial charge is 0.206 e. The Morgan fingerprint density at radius 1 is 0.900 bits per heavy atom. The number of phenolic OH excluding ortho intramolecular Hbond substituents is 7. The predicted molar refractivity (Wildman–Crippen MR) is 132 cm³/mol. The zero-order valence-corrected chi connectivity index (χ0v) is 21.4. The molecule has 11 nitrogen and oxygen atoms in total. The summed E-state index contributed by atoms with van der Waals surface area (Å²) in [6.07, 6.45) is -0.0265. The zero-order chi connectivity index (χ0) is 30.3. The normalized spacial score (nSPS) is 13.6. The van der Waals surface area contributed by atoms with Gasteiger partial charge in [-0.3, -0.25) is 4.79 Å². The van der Waals surface area contributed by atoms with Crippen molar-refractivity contribution < 1.29 is 68.3 Å². The maximum absolute atomic E-state index is 13.5. The Kier molecular flexibility index (Phi) is 10.5. The molecule has 0 saturated heterocycles. The van der Waals surface area contributed by atoms with E-state index in [4.69, 9.17) is 14.6 Å². The molecule has 7 N–H and O–H groups in total. The third-order valence-corrected chi connectivity index (χ3v) is 5.35. The molecule has 1 aliphatic rings. The van der Waals surface area contributed by atoms with Gasteiger partial charge in [0.2, 0.25) is 11.5 Å². The molecule has 0 radical (unpaired) electrons. The van der Waals surface area contributed by atoms with Crippen LogP contribution in [0.1, 0.15) is 47.9 Å². The SMILES string of the molecule is CC(C)Oc1c(O)c(O)c(F)c(C=O)c1F.COF.Oc1cc(O)c2c(c1)OC(c1cc(O)c(O)c(O)c1)CC2. The van der Waals surface area contributed by atoms with Crippen LogP contribution in [-0.4, -0.2) is 55.2 Å². The standard InChI is InChI=1S/C15H14O6.C10H10F2O4.CH3FO/c16-8-5-10(17)9-1-2-13(21-14(9)6-8)7-3-11(18)15(20)12(19)4-7;1-4(2)16-10-7(12)5(3-13)6(11)8(14)9(10)15;1-3-2/h3-6,13,16-20H,1-2H2;3-4,14-15H,1-2H3;1H3. The van der Waals surface area contributed by atoms with E-state index >= 15 is 0 Å². The average molecular weight is 572 g/mol. The van der Waals surface area contributed by atoms with Crippen molar-refractivity contribution in [3.05, 3.63) is 52.6 Å². The molecule has 0 bridgehead atoms. The fourth-order valence-corrected chi connectivity index (χ4v) is 3.61. The molecule has 4 rings (SSSR count). The monoisotopic (exact) mass is 572 g/mol. The second-order valence-electron chi connectivity index (χ2n) is 8.50. The van der Waals surface area contributed by atoms with E-state index in [9.17, 15) is 48.7 Å². The van der Waals surface area contributed by atoms with Crippen LogP contribution in [-0.2, 0) is 11.4 Å². The molecule has 3 aromatic carbocycles. The van der Waals surface area contributed by atoms with Crippen LogP contribution in [0, 0.1) is 11.6 Å². The van der Waals surface area contributed by atoms with E-state index in [0.29, 0.717) is 29.7 Å². The fraction of sp³-hybridized carbons (Fsp3) is 0.269. The first-order chi connectivity index (χ1) is 18.8. The summed E-state index contributed by atoms with van der Waals surface area (Å²) in [7, 11) is 0.958. The first-order valence-corrected chi connectivity index (χ1v) is 11.4. The van der Waals surface area contributed by atoms with Gasteiger partial charge in [-0.05, 0) is 48.9 Å². The van der Waals surface area contributed by atoms with Crippen LogP contribution >= 0.6 is 0 Å². The average Bonchev–Trinajstić information content (AvgIpc) is 2.89. The number of benzene rings is 3. The lowest BCUT2D eigenvalue weighted by atomic mass is 9.96. The number of hydrogen-bond acceptors (Lipinski definition) is 11. The molecular formula is C26H27F3O11. The number of carbonyl (C=O) groups is 1. The van der Waals surface area contributed by atoms with Crippen LogP contribution < -0.4 is 9.47 Å². The number of phenols is 7. The largest absolute Gasteiger partial charge is 0.508 e. The number of aromatic hydroxyl groups is 7. The lowest BCUT2D eigenvalue weighted by molar-refractivity contribution is -0.0960. The summed E-state index contributed by atoms with van der Waals surface area (Å²) in [6, 6.07) is 5.28. The highest BCUT2D eigenvalue weighted by molar-refractivity contribution is 5.79. The highest BCUT2D eigenvalue weighted by atomic mass is 19.3. The molecule has 0 aliphatic carbocycles. The fourth-order valence-electron chi connectivity index (χ4n) is 3.61. The van der Waals surface area contributed by atoms with Gasteiger partial charge in [-0.2, -0.15) is 4.94 Å². The van der Waals surface area contributed by atoms with Crippen molar-refractivity contribution in [3.8, 4) is 51.7 Å². The zero-order valence-electron chi connectivity index (χ0n) is 21.4. The molecule has 0 spiro atoms. The minimum atomic E-state index is -1.51. The summed E-state index contributed by atoms with van der Waals surface area (Å²) in [5.41, 5.74) is 0.124. The number of fused-ring (bicyclic) bond motifs is 1. The summed E-state index contributed by atoms with van der Waals surface area (Å²) < 4.78 is 46.9. The van der Waals surface area contributed by atoms with Crippen molar-refractivity contribution in [1.82, 2.24) is 0 Å². The van der Waals surface area contributed by atoms with E-state index < -0.39 is 63.9 Å². The first kappa shape index (κ1) is 31.5. The van der Waals surface area contributed by atoms with Gasteiger partial charge in [0.25, 0.3) is 0 Å². The summed E-state index contributed by atoms with van der Waals surface area (Å²) in [4.78, 5) is 13.2. The third kappa shape index (κ3) is 7.02. The number of rotatable bonds is 4. The summed E-state index contributed by atoms with van der Waals surface area (Å²) in [5.74, 6) is -7.08. The molecule has 14 heteroatoms. The number of hydrogen-bond donors (Lipinski definition) is 7. The second-order valence-corrected chi connectivity index (χ2v) is 8.50. The minimum absolute atomic E-state index is 0.0279. The summed E-state index contributed by atoms with van der Waals surface area (Å²) in [6.45, 7) is 3.08. The molecule has 40 heavy (non-hydrogen) atoms. The number of halogens is 3. The van der Waals surface area contributed by atoms with Crippen molar-refractivity contribution in [3.63, 3.8) is 0 Å². The van der Waals surface area contributed by atoms with Gasteiger partial charge in [-0.15, -0.1) is 0 Å². The van der Waals surface area contributed by atoms with Crippen LogP contribution in [0.25, 0.3) is 0 Å². The molecular weight excluding hydrogens is 545 g/mol. The van der Waals surface area contributed by atoms with Crippen molar-refractivity contribution in [1.29, 1.82) is 0 Å². The van der Waals surface area contributed by atoms with Crippen LogP contribution in [0.3, 0.4) is 0 Å². The molecule has 218 valence electrons. The van der Waals surface area contributed by atoms with E-state index in [-0.39, 0.29) is 17.8 Å². The number of ether oxygens (including phenoxy) is 2. The van der Waals surface area contributed by atoms with Gasteiger partial charge >= 0.3 is 0 Å². The molecule has 0 fully saturated rings. The molecule has 0 amide bonds. The Morgan fingerprint density at radius 2 is 1.48 bits per heavy atom. The lowest BCUT2D eigenvalue weighted by Gasteiger charge is -2.27. The maximum Gasteiger partial charge on any atom is 0.206 e. The highest BCUT2D eigenvalue weighted by Gasteiger charge is 2.27. The van der Waals surface area contributed by atoms with Crippen molar-refractivity contribution in [2.24, 2.45) is 0 Å². The van der Waals surface area contributed by atoms with E-state index in [1.807, 2.05) is 0 Å². The maximum atomic E-state index is 13.5. The van der Waals surface area contributed by atoms with Crippen LogP contribution in [0.5, 0.6) is 51.7 Å². The van der Waals surface area contributed by atoms with Crippen LogP contribution in [0.4, 0.5) is 13.3 Å². The topological polar surface area (TPSA) is 186 Å². The summed E-state index contributed by atoms with van der Waals surface area (Å²) >= 11 is 0. The van der Waals surface area contributed by atoms with Crippen LogP contribution in [0.2, 0.25) is 0 Å². The van der Waals surface area contributed by atoms with E-state index in [1.54, 1.807) is 13.8 Å². The quantitative estimate of drug-likeness (QED) is 0.169.